The zero-order valence-corrected chi connectivity index (χ0v) is 13.1. The van der Waals surface area contributed by atoms with Gasteiger partial charge in [-0.15, -0.1) is 0 Å². The van der Waals surface area contributed by atoms with Gasteiger partial charge in [0.15, 0.2) is 0 Å². The molecule has 2 aliphatic heterocycles. The number of carboxylic acid groups (broad SMARTS) is 1. The summed E-state index contributed by atoms with van der Waals surface area (Å²) in [6.45, 7) is 7.77. The molecule has 6 nitrogen and oxygen atoms in total. The summed E-state index contributed by atoms with van der Waals surface area (Å²) in [4.78, 5) is 27.6. The van der Waals surface area contributed by atoms with Crippen molar-refractivity contribution in [2.45, 2.75) is 45.6 Å². The molecule has 0 aromatic rings. The van der Waals surface area contributed by atoms with Crippen LogP contribution in [0, 0.1) is 5.41 Å². The molecule has 0 saturated carbocycles. The second-order valence-corrected chi connectivity index (χ2v) is 6.75. The third-order valence-corrected chi connectivity index (χ3v) is 4.60. The van der Waals surface area contributed by atoms with E-state index in [0.29, 0.717) is 19.5 Å². The molecule has 2 N–H and O–H groups in total. The van der Waals surface area contributed by atoms with E-state index in [1.807, 2.05) is 6.92 Å². The Bertz CT molecular complexity index is 396. The molecule has 2 atom stereocenters. The van der Waals surface area contributed by atoms with Gasteiger partial charge in [-0.25, -0.2) is 4.79 Å². The molecule has 0 radical (unpaired) electrons. The van der Waals surface area contributed by atoms with Crippen molar-refractivity contribution in [2.75, 3.05) is 32.7 Å². The molecule has 2 fully saturated rings. The van der Waals surface area contributed by atoms with E-state index in [9.17, 15) is 14.7 Å². The van der Waals surface area contributed by atoms with E-state index in [-0.39, 0.29) is 12.1 Å². The van der Waals surface area contributed by atoms with Crippen molar-refractivity contribution >= 4 is 12.0 Å². The molecular formula is C15H27N3O3. The summed E-state index contributed by atoms with van der Waals surface area (Å²) in [5.41, 5.74) is -0.812. The van der Waals surface area contributed by atoms with E-state index in [4.69, 9.17) is 0 Å². The lowest BCUT2D eigenvalue weighted by molar-refractivity contribution is -0.150. The van der Waals surface area contributed by atoms with Crippen molar-refractivity contribution in [2.24, 2.45) is 5.41 Å². The van der Waals surface area contributed by atoms with Crippen LogP contribution in [0.3, 0.4) is 0 Å². The van der Waals surface area contributed by atoms with Gasteiger partial charge in [-0.3, -0.25) is 4.79 Å². The third kappa shape index (κ3) is 4.09. The van der Waals surface area contributed by atoms with Crippen LogP contribution in [0.4, 0.5) is 4.79 Å². The van der Waals surface area contributed by atoms with Gasteiger partial charge in [0.05, 0.1) is 5.41 Å². The normalized spacial score (nSPS) is 28.4. The minimum absolute atomic E-state index is 0.0913. The monoisotopic (exact) mass is 297 g/mol. The standard InChI is InChI=1S/C15H27N3O3/c1-12(10-17-7-3-4-8-17)16-14(21)18-9-5-6-15(2,11-18)13(19)20/h12H,3-11H2,1-2H3,(H,16,21)(H,19,20). The molecule has 0 aliphatic carbocycles. The molecule has 2 amide bonds. The van der Waals surface area contributed by atoms with Crippen LogP contribution >= 0.6 is 0 Å². The summed E-state index contributed by atoms with van der Waals surface area (Å²) in [5.74, 6) is -0.815. The molecule has 0 aromatic carbocycles. The van der Waals surface area contributed by atoms with Gasteiger partial charge in [0.2, 0.25) is 0 Å². The van der Waals surface area contributed by atoms with E-state index in [1.165, 1.54) is 12.8 Å². The van der Waals surface area contributed by atoms with Gasteiger partial charge in [-0.1, -0.05) is 0 Å². The van der Waals surface area contributed by atoms with Gasteiger partial charge >= 0.3 is 12.0 Å². The Kier molecular flexibility index (Phi) is 5.08. The van der Waals surface area contributed by atoms with Gasteiger partial charge in [0.1, 0.15) is 0 Å². The highest BCUT2D eigenvalue weighted by Gasteiger charge is 2.39. The topological polar surface area (TPSA) is 72.9 Å². The maximum atomic E-state index is 12.3. The zero-order valence-electron chi connectivity index (χ0n) is 13.1. The minimum atomic E-state index is -0.815. The first kappa shape index (κ1) is 16.1. The van der Waals surface area contributed by atoms with E-state index in [2.05, 4.69) is 10.2 Å². The second-order valence-electron chi connectivity index (χ2n) is 6.75. The summed E-state index contributed by atoms with van der Waals surface area (Å²) >= 11 is 0. The molecule has 21 heavy (non-hydrogen) atoms. The van der Waals surface area contributed by atoms with Crippen molar-refractivity contribution in [1.29, 1.82) is 0 Å². The maximum absolute atomic E-state index is 12.3. The van der Waals surface area contributed by atoms with Crippen LogP contribution in [-0.2, 0) is 4.79 Å². The lowest BCUT2D eigenvalue weighted by Gasteiger charge is -2.38. The molecule has 120 valence electrons. The molecule has 0 spiro atoms. The summed E-state index contributed by atoms with van der Waals surface area (Å²) in [6.07, 6.45) is 3.86. The maximum Gasteiger partial charge on any atom is 0.317 e. The molecule has 0 bridgehead atoms. The first-order valence-corrected chi connectivity index (χ1v) is 7.92. The number of nitrogens with one attached hydrogen (secondary N) is 1. The number of likely N-dealkylation sites (tertiary alicyclic amines) is 2. The van der Waals surface area contributed by atoms with Crippen LogP contribution in [-0.4, -0.2) is 65.7 Å². The van der Waals surface area contributed by atoms with Crippen molar-refractivity contribution in [1.82, 2.24) is 15.1 Å². The predicted octanol–water partition coefficient (Wildman–Crippen LogP) is 1.37. The van der Waals surface area contributed by atoms with Crippen molar-refractivity contribution in [3.63, 3.8) is 0 Å². The highest BCUT2D eigenvalue weighted by molar-refractivity contribution is 5.78. The quantitative estimate of drug-likeness (QED) is 0.822. The molecular weight excluding hydrogens is 270 g/mol. The van der Waals surface area contributed by atoms with Crippen LogP contribution in [0.15, 0.2) is 0 Å². The Hall–Kier alpha value is -1.30. The number of carboxylic acids is 1. The first-order chi connectivity index (χ1) is 9.90. The summed E-state index contributed by atoms with van der Waals surface area (Å²) in [5, 5.41) is 12.3. The van der Waals surface area contributed by atoms with E-state index >= 15 is 0 Å². The van der Waals surface area contributed by atoms with Crippen LogP contribution < -0.4 is 5.32 Å². The molecule has 2 rings (SSSR count). The number of carbonyl (C=O) groups excluding carboxylic acids is 1. The fourth-order valence-corrected chi connectivity index (χ4v) is 3.29. The smallest absolute Gasteiger partial charge is 0.317 e. The molecule has 2 aliphatic rings. The van der Waals surface area contributed by atoms with E-state index in [0.717, 1.165) is 26.1 Å². The second kappa shape index (κ2) is 6.64. The van der Waals surface area contributed by atoms with Crippen LogP contribution in [0.25, 0.3) is 0 Å². The number of hydrogen-bond acceptors (Lipinski definition) is 3. The molecule has 2 heterocycles. The van der Waals surface area contributed by atoms with Crippen molar-refractivity contribution in [3.05, 3.63) is 0 Å². The Balaban J connectivity index is 1.83. The lowest BCUT2D eigenvalue weighted by Crippen LogP contribution is -2.54. The first-order valence-electron chi connectivity index (χ1n) is 7.92. The number of carbonyl (C=O) groups is 2. The molecule has 0 aromatic heterocycles. The van der Waals surface area contributed by atoms with E-state index in [1.54, 1.807) is 11.8 Å². The van der Waals surface area contributed by atoms with Gasteiger partial charge in [-0.2, -0.15) is 0 Å². The SMILES string of the molecule is CC(CN1CCCC1)NC(=O)N1CCCC(C)(C(=O)O)C1. The Morgan fingerprint density at radius 1 is 1.24 bits per heavy atom. The fourth-order valence-electron chi connectivity index (χ4n) is 3.29. The number of amides is 2. The van der Waals surface area contributed by atoms with Gasteiger partial charge < -0.3 is 20.2 Å². The zero-order chi connectivity index (χ0) is 15.5. The Morgan fingerprint density at radius 3 is 2.52 bits per heavy atom. The third-order valence-electron chi connectivity index (χ3n) is 4.60. The summed E-state index contributed by atoms with van der Waals surface area (Å²) in [6, 6.07) is -0.0394. The molecule has 2 unspecified atom stereocenters. The van der Waals surface area contributed by atoms with Gasteiger partial charge in [-0.05, 0) is 52.6 Å². The Morgan fingerprint density at radius 2 is 1.90 bits per heavy atom. The number of piperidine rings is 1. The fraction of sp³-hybridized carbons (Fsp3) is 0.867. The summed E-state index contributed by atoms with van der Waals surface area (Å²) < 4.78 is 0. The lowest BCUT2D eigenvalue weighted by atomic mass is 9.82. The molecule has 2 saturated heterocycles. The number of urea groups is 1. The van der Waals surface area contributed by atoms with Gasteiger partial charge in [0.25, 0.3) is 0 Å². The van der Waals surface area contributed by atoms with E-state index < -0.39 is 11.4 Å². The number of rotatable bonds is 4. The number of aliphatic carboxylic acids is 1. The van der Waals surface area contributed by atoms with Crippen molar-refractivity contribution in [3.8, 4) is 0 Å². The van der Waals surface area contributed by atoms with Crippen LogP contribution in [0.2, 0.25) is 0 Å². The number of hydrogen-bond donors (Lipinski definition) is 2. The number of nitrogens with zero attached hydrogens (tertiary/aromatic N) is 2. The van der Waals surface area contributed by atoms with Crippen LogP contribution in [0.5, 0.6) is 0 Å². The summed E-state index contributed by atoms with van der Waals surface area (Å²) in [7, 11) is 0. The Labute approximate surface area is 126 Å². The van der Waals surface area contributed by atoms with Crippen LogP contribution in [0.1, 0.15) is 39.5 Å². The average Bonchev–Trinajstić information content (AvgIpc) is 2.91. The highest BCUT2D eigenvalue weighted by Crippen LogP contribution is 2.29. The molecule has 6 heteroatoms. The highest BCUT2D eigenvalue weighted by atomic mass is 16.4. The van der Waals surface area contributed by atoms with Crippen molar-refractivity contribution < 1.29 is 14.7 Å². The largest absolute Gasteiger partial charge is 0.481 e. The minimum Gasteiger partial charge on any atom is -0.481 e. The van der Waals surface area contributed by atoms with Gasteiger partial charge in [0, 0.05) is 25.7 Å². The average molecular weight is 297 g/mol. The predicted molar refractivity (Wildman–Crippen MR) is 80.2 cm³/mol.